The highest BCUT2D eigenvalue weighted by atomic mass is 35.5. The third kappa shape index (κ3) is 3.85. The number of nitrogens with zero attached hydrogens (tertiary/aromatic N) is 3. The molecule has 1 amide bonds. The van der Waals surface area contributed by atoms with Crippen LogP contribution in [-0.2, 0) is 4.79 Å². The van der Waals surface area contributed by atoms with Crippen molar-refractivity contribution in [1.29, 1.82) is 0 Å². The molecule has 0 N–H and O–H groups in total. The number of amidine groups is 1. The number of thioether (sulfide) groups is 1. The van der Waals surface area contributed by atoms with Crippen molar-refractivity contribution < 1.29 is 4.79 Å². The summed E-state index contributed by atoms with van der Waals surface area (Å²) in [4.78, 5) is 23.6. The highest BCUT2D eigenvalue weighted by molar-refractivity contribution is 8.18. The lowest BCUT2D eigenvalue weighted by molar-refractivity contribution is -0.121. The molecule has 1 aromatic carbocycles. The number of halogens is 2. The first-order chi connectivity index (χ1) is 12.5. The molecule has 0 unspecified atom stereocenters. The Morgan fingerprint density at radius 3 is 2.69 bits per heavy atom. The molecule has 0 bridgehead atoms. The van der Waals surface area contributed by atoms with Crippen molar-refractivity contribution in [2.75, 3.05) is 6.54 Å². The molecule has 132 valence electrons. The lowest BCUT2D eigenvalue weighted by Crippen LogP contribution is -2.29. The van der Waals surface area contributed by atoms with E-state index < -0.39 is 0 Å². The Bertz CT molecular complexity index is 923. The van der Waals surface area contributed by atoms with Gasteiger partial charge in [0.2, 0.25) is 0 Å². The minimum Gasteiger partial charge on any atom is -0.283 e. The van der Waals surface area contributed by atoms with Crippen molar-refractivity contribution in [3.63, 3.8) is 0 Å². The number of benzene rings is 1. The molecular weight excluding hydrogens is 389 g/mol. The Morgan fingerprint density at radius 1 is 1.31 bits per heavy atom. The van der Waals surface area contributed by atoms with Gasteiger partial charge in [0.05, 0.1) is 15.6 Å². The van der Waals surface area contributed by atoms with Crippen LogP contribution in [0.1, 0.15) is 12.5 Å². The zero-order valence-electron chi connectivity index (χ0n) is 13.9. The second-order valence-corrected chi connectivity index (χ2v) is 7.31. The molecule has 4 nitrogen and oxygen atoms in total. The van der Waals surface area contributed by atoms with Crippen molar-refractivity contribution in [3.05, 3.63) is 75.9 Å². The Kier molecular flexibility index (Phi) is 5.81. The molecule has 7 heteroatoms. The lowest BCUT2D eigenvalue weighted by Gasteiger charge is -2.13. The van der Waals surface area contributed by atoms with Gasteiger partial charge in [-0.3, -0.25) is 14.7 Å². The summed E-state index contributed by atoms with van der Waals surface area (Å²) in [6, 6.07) is 9.10. The molecule has 0 radical (unpaired) electrons. The number of hydrogen-bond donors (Lipinski definition) is 0. The Morgan fingerprint density at radius 2 is 2.04 bits per heavy atom. The van der Waals surface area contributed by atoms with Crippen LogP contribution in [0.5, 0.6) is 0 Å². The first-order valence-corrected chi connectivity index (χ1v) is 9.34. The number of carbonyl (C=O) groups excluding carboxylic acids is 1. The van der Waals surface area contributed by atoms with E-state index in [0.717, 1.165) is 11.1 Å². The first-order valence-electron chi connectivity index (χ1n) is 7.77. The molecular formula is C19H15Cl2N3OS. The topological polar surface area (TPSA) is 45.6 Å². The van der Waals surface area contributed by atoms with Gasteiger partial charge in [0.1, 0.15) is 0 Å². The molecule has 0 saturated carbocycles. The van der Waals surface area contributed by atoms with Crippen LogP contribution in [0, 0.1) is 0 Å². The number of rotatable bonds is 4. The summed E-state index contributed by atoms with van der Waals surface area (Å²) in [5.41, 5.74) is 2.38. The number of amides is 1. The van der Waals surface area contributed by atoms with E-state index in [4.69, 9.17) is 23.2 Å². The standard InChI is InChI=1S/C19H15Cl2N3OS/c1-3-10-24-18(25)17(12(2)13-4-6-14(20)7-5-13)26-19(24)23-16-8-9-22-11-15(16)21/h3-9,11H,1,10H2,2H3/b17-12-,23-19?. The maximum atomic E-state index is 12.9. The summed E-state index contributed by atoms with van der Waals surface area (Å²) in [7, 11) is 0. The van der Waals surface area contributed by atoms with Crippen LogP contribution >= 0.6 is 35.0 Å². The molecule has 0 aliphatic carbocycles. The molecule has 0 atom stereocenters. The van der Waals surface area contributed by atoms with E-state index in [0.29, 0.717) is 32.4 Å². The van der Waals surface area contributed by atoms with Crippen molar-refractivity contribution >= 4 is 57.3 Å². The number of hydrogen-bond acceptors (Lipinski definition) is 4. The van der Waals surface area contributed by atoms with Crippen LogP contribution in [0.25, 0.3) is 5.57 Å². The number of carbonyl (C=O) groups is 1. The molecule has 1 aliphatic heterocycles. The van der Waals surface area contributed by atoms with Gasteiger partial charge in [0.25, 0.3) is 5.91 Å². The summed E-state index contributed by atoms with van der Waals surface area (Å²) < 4.78 is 0. The van der Waals surface area contributed by atoms with E-state index in [-0.39, 0.29) is 5.91 Å². The predicted octanol–water partition coefficient (Wildman–Crippen LogP) is 5.57. The van der Waals surface area contributed by atoms with Crippen LogP contribution in [0.4, 0.5) is 5.69 Å². The van der Waals surface area contributed by atoms with Crippen LogP contribution in [0.15, 0.2) is 65.3 Å². The van der Waals surface area contributed by atoms with Gasteiger partial charge in [-0.25, -0.2) is 4.99 Å². The van der Waals surface area contributed by atoms with E-state index in [9.17, 15) is 4.79 Å². The summed E-state index contributed by atoms with van der Waals surface area (Å²) in [5, 5.41) is 1.64. The molecule has 3 rings (SSSR count). The zero-order valence-corrected chi connectivity index (χ0v) is 16.3. The highest BCUT2D eigenvalue weighted by Crippen LogP contribution is 2.38. The maximum Gasteiger partial charge on any atom is 0.267 e. The number of aromatic nitrogens is 1. The van der Waals surface area contributed by atoms with Gasteiger partial charge in [-0.05, 0) is 48.0 Å². The SMILES string of the molecule is C=CCN1C(=O)/C(=C(\C)c2ccc(Cl)cc2)SC1=Nc1ccncc1Cl. The number of pyridine rings is 1. The van der Waals surface area contributed by atoms with E-state index in [1.807, 2.05) is 19.1 Å². The largest absolute Gasteiger partial charge is 0.283 e. The maximum absolute atomic E-state index is 12.9. The Hall–Kier alpha value is -2.08. The molecule has 2 aromatic rings. The van der Waals surface area contributed by atoms with Gasteiger partial charge < -0.3 is 0 Å². The van der Waals surface area contributed by atoms with Gasteiger partial charge in [0.15, 0.2) is 5.17 Å². The fourth-order valence-electron chi connectivity index (χ4n) is 2.40. The van der Waals surface area contributed by atoms with E-state index in [1.54, 1.807) is 35.4 Å². The molecule has 1 aliphatic rings. The first kappa shape index (κ1) is 18.7. The van der Waals surface area contributed by atoms with Crippen molar-refractivity contribution in [2.45, 2.75) is 6.92 Å². The molecule has 26 heavy (non-hydrogen) atoms. The predicted molar refractivity (Wildman–Crippen MR) is 110 cm³/mol. The van der Waals surface area contributed by atoms with Crippen LogP contribution in [-0.4, -0.2) is 27.5 Å². The van der Waals surface area contributed by atoms with E-state index in [2.05, 4.69) is 16.6 Å². The normalized spacial score (nSPS) is 17.7. The summed E-state index contributed by atoms with van der Waals surface area (Å²) in [6.45, 7) is 6.01. The number of allylic oxidation sites excluding steroid dienone is 1. The highest BCUT2D eigenvalue weighted by Gasteiger charge is 2.34. The molecule has 1 fully saturated rings. The monoisotopic (exact) mass is 403 g/mol. The molecule has 1 saturated heterocycles. The van der Waals surface area contributed by atoms with E-state index in [1.165, 1.54) is 18.0 Å². The Labute approximate surface area is 166 Å². The van der Waals surface area contributed by atoms with Gasteiger partial charge >= 0.3 is 0 Å². The summed E-state index contributed by atoms with van der Waals surface area (Å²) in [6.07, 6.45) is 4.80. The average Bonchev–Trinajstić information content (AvgIpc) is 2.94. The average molecular weight is 404 g/mol. The summed E-state index contributed by atoms with van der Waals surface area (Å²) >= 11 is 13.4. The molecule has 1 aromatic heterocycles. The van der Waals surface area contributed by atoms with Crippen LogP contribution < -0.4 is 0 Å². The van der Waals surface area contributed by atoms with E-state index >= 15 is 0 Å². The summed E-state index contributed by atoms with van der Waals surface area (Å²) in [5.74, 6) is -0.105. The fourth-order valence-corrected chi connectivity index (χ4v) is 3.75. The minimum absolute atomic E-state index is 0.105. The zero-order chi connectivity index (χ0) is 18.7. The van der Waals surface area contributed by atoms with Gasteiger partial charge in [-0.2, -0.15) is 0 Å². The third-order valence-electron chi connectivity index (χ3n) is 3.76. The fraction of sp³-hybridized carbons (Fsp3) is 0.105. The van der Waals surface area contributed by atoms with Crippen LogP contribution in [0.2, 0.25) is 10.0 Å². The van der Waals surface area contributed by atoms with Gasteiger partial charge in [-0.15, -0.1) is 6.58 Å². The van der Waals surface area contributed by atoms with Crippen molar-refractivity contribution in [1.82, 2.24) is 9.88 Å². The van der Waals surface area contributed by atoms with Gasteiger partial charge in [-0.1, -0.05) is 41.4 Å². The third-order valence-corrected chi connectivity index (χ3v) is 5.48. The Balaban J connectivity index is 2.03. The minimum atomic E-state index is -0.105. The second kappa shape index (κ2) is 8.08. The lowest BCUT2D eigenvalue weighted by atomic mass is 10.1. The molecule has 2 heterocycles. The quantitative estimate of drug-likeness (QED) is 0.495. The molecule has 0 spiro atoms. The van der Waals surface area contributed by atoms with Crippen molar-refractivity contribution in [2.24, 2.45) is 4.99 Å². The smallest absolute Gasteiger partial charge is 0.267 e. The van der Waals surface area contributed by atoms with Crippen molar-refractivity contribution in [3.8, 4) is 0 Å². The van der Waals surface area contributed by atoms with Crippen LogP contribution in [0.3, 0.4) is 0 Å². The number of aliphatic imine (C=N–C) groups is 1. The van der Waals surface area contributed by atoms with Gasteiger partial charge in [0, 0.05) is 24.0 Å². The second-order valence-electron chi connectivity index (χ2n) is 5.49.